The minimum Gasteiger partial charge on any atom is -0.381 e. The molecule has 1 aliphatic heterocycles. The molecule has 5 nitrogen and oxygen atoms in total. The van der Waals surface area contributed by atoms with E-state index in [0.717, 1.165) is 41.8 Å². The van der Waals surface area contributed by atoms with Crippen molar-refractivity contribution in [2.24, 2.45) is 0 Å². The molecule has 0 spiro atoms. The Labute approximate surface area is 143 Å². The molecule has 0 aliphatic carbocycles. The van der Waals surface area contributed by atoms with Gasteiger partial charge in [0.25, 0.3) is 5.91 Å². The number of anilines is 2. The molecule has 2 aromatic rings. The Morgan fingerprint density at radius 1 is 1.30 bits per heavy atom. The van der Waals surface area contributed by atoms with Crippen molar-refractivity contribution in [3.05, 3.63) is 52.8 Å². The summed E-state index contributed by atoms with van der Waals surface area (Å²) in [5.74, 6) is -0.184. The van der Waals surface area contributed by atoms with Gasteiger partial charge in [-0.05, 0) is 37.1 Å². The van der Waals surface area contributed by atoms with Gasteiger partial charge in [0.1, 0.15) is 0 Å². The fourth-order valence-electron chi connectivity index (χ4n) is 2.47. The second-order valence-electron chi connectivity index (χ2n) is 5.44. The summed E-state index contributed by atoms with van der Waals surface area (Å²) in [4.78, 5) is 16.5. The minimum atomic E-state index is -0.184. The van der Waals surface area contributed by atoms with E-state index in [1.54, 1.807) is 18.5 Å². The molecule has 120 valence electrons. The highest BCUT2D eigenvalue weighted by Crippen LogP contribution is 2.18. The number of amides is 1. The summed E-state index contributed by atoms with van der Waals surface area (Å²) in [6.07, 6.45) is 5.70. The Morgan fingerprint density at radius 2 is 2.22 bits per heavy atom. The lowest BCUT2D eigenvalue weighted by atomic mass is 10.2. The Balaban J connectivity index is 1.62. The van der Waals surface area contributed by atoms with Gasteiger partial charge in [-0.2, -0.15) is 0 Å². The Bertz CT molecular complexity index is 687. The number of pyridine rings is 1. The smallest absolute Gasteiger partial charge is 0.257 e. The van der Waals surface area contributed by atoms with E-state index in [-0.39, 0.29) is 12.0 Å². The number of hydrogen-bond acceptors (Lipinski definition) is 4. The number of carbonyl (C=O) groups excluding carboxylic acids is 1. The monoisotopic (exact) mass is 375 g/mol. The number of nitrogens with one attached hydrogen (secondary N) is 2. The second kappa shape index (κ2) is 7.57. The molecule has 1 aromatic carbocycles. The molecule has 1 fully saturated rings. The molecule has 0 radical (unpaired) electrons. The van der Waals surface area contributed by atoms with Gasteiger partial charge in [-0.25, -0.2) is 0 Å². The third-order valence-electron chi connectivity index (χ3n) is 3.64. The first-order valence-corrected chi connectivity index (χ1v) is 8.37. The fraction of sp³-hybridized carbons (Fsp3) is 0.294. The number of rotatable bonds is 5. The minimum absolute atomic E-state index is 0.184. The number of carbonyl (C=O) groups is 1. The lowest BCUT2D eigenvalue weighted by Gasteiger charge is -2.12. The van der Waals surface area contributed by atoms with Crippen LogP contribution in [0.2, 0.25) is 0 Å². The van der Waals surface area contributed by atoms with E-state index in [0.29, 0.717) is 5.56 Å². The molecule has 1 saturated heterocycles. The van der Waals surface area contributed by atoms with Gasteiger partial charge in [0.05, 0.1) is 17.4 Å². The van der Waals surface area contributed by atoms with E-state index >= 15 is 0 Å². The van der Waals surface area contributed by atoms with Crippen molar-refractivity contribution < 1.29 is 9.53 Å². The van der Waals surface area contributed by atoms with E-state index in [1.165, 1.54) is 0 Å². The lowest BCUT2D eigenvalue weighted by molar-refractivity contribution is 0.102. The van der Waals surface area contributed by atoms with Gasteiger partial charge in [-0.1, -0.05) is 22.0 Å². The second-order valence-corrected chi connectivity index (χ2v) is 6.36. The van der Waals surface area contributed by atoms with E-state index in [4.69, 9.17) is 4.74 Å². The van der Waals surface area contributed by atoms with Gasteiger partial charge in [0.2, 0.25) is 0 Å². The van der Waals surface area contributed by atoms with Crippen LogP contribution in [0.3, 0.4) is 0 Å². The molecular weight excluding hydrogens is 358 g/mol. The van der Waals surface area contributed by atoms with Gasteiger partial charge >= 0.3 is 0 Å². The highest BCUT2D eigenvalue weighted by molar-refractivity contribution is 9.10. The number of aromatic nitrogens is 1. The Morgan fingerprint density at radius 3 is 3.00 bits per heavy atom. The molecule has 1 atom stereocenters. The zero-order chi connectivity index (χ0) is 16.1. The lowest BCUT2D eigenvalue weighted by Crippen LogP contribution is -2.19. The average molecular weight is 376 g/mol. The van der Waals surface area contributed by atoms with Gasteiger partial charge < -0.3 is 15.4 Å². The van der Waals surface area contributed by atoms with Crippen LogP contribution in [0.1, 0.15) is 23.2 Å². The van der Waals surface area contributed by atoms with Crippen molar-refractivity contribution in [2.45, 2.75) is 18.9 Å². The third-order valence-corrected chi connectivity index (χ3v) is 4.13. The molecule has 2 heterocycles. The van der Waals surface area contributed by atoms with Crippen LogP contribution in [-0.2, 0) is 4.74 Å². The highest BCUT2D eigenvalue weighted by Gasteiger charge is 2.15. The predicted molar refractivity (Wildman–Crippen MR) is 93.8 cm³/mol. The van der Waals surface area contributed by atoms with Gasteiger partial charge in [0, 0.05) is 35.7 Å². The molecule has 1 unspecified atom stereocenters. The topological polar surface area (TPSA) is 63.2 Å². The van der Waals surface area contributed by atoms with Crippen LogP contribution < -0.4 is 10.6 Å². The molecule has 3 rings (SSSR count). The molecule has 0 saturated carbocycles. The highest BCUT2D eigenvalue weighted by atomic mass is 79.9. The van der Waals surface area contributed by atoms with E-state index in [2.05, 4.69) is 31.5 Å². The number of halogens is 1. The van der Waals surface area contributed by atoms with Crippen LogP contribution >= 0.6 is 15.9 Å². The van der Waals surface area contributed by atoms with Crippen molar-refractivity contribution >= 4 is 33.2 Å². The maximum absolute atomic E-state index is 12.3. The summed E-state index contributed by atoms with van der Waals surface area (Å²) >= 11 is 3.39. The fourth-order valence-corrected chi connectivity index (χ4v) is 2.87. The molecule has 1 aromatic heterocycles. The van der Waals surface area contributed by atoms with E-state index in [1.807, 2.05) is 24.3 Å². The van der Waals surface area contributed by atoms with Gasteiger partial charge in [-0.3, -0.25) is 9.78 Å². The quantitative estimate of drug-likeness (QED) is 0.836. The van der Waals surface area contributed by atoms with Gasteiger partial charge in [0.15, 0.2) is 0 Å². The van der Waals surface area contributed by atoms with Crippen molar-refractivity contribution in [3.8, 4) is 0 Å². The van der Waals surface area contributed by atoms with Crippen LogP contribution in [0.5, 0.6) is 0 Å². The van der Waals surface area contributed by atoms with E-state index < -0.39 is 0 Å². The molecule has 2 N–H and O–H groups in total. The number of nitrogens with zero attached hydrogens (tertiary/aromatic N) is 1. The molecule has 1 aliphatic rings. The first-order chi connectivity index (χ1) is 11.2. The van der Waals surface area contributed by atoms with Crippen molar-refractivity contribution in [2.75, 3.05) is 23.8 Å². The molecule has 1 amide bonds. The predicted octanol–water partition coefficient (Wildman–Crippen LogP) is 3.69. The first kappa shape index (κ1) is 16.0. The summed E-state index contributed by atoms with van der Waals surface area (Å²) < 4.78 is 6.49. The Hall–Kier alpha value is -1.92. The van der Waals surface area contributed by atoms with Crippen LogP contribution in [0.4, 0.5) is 11.4 Å². The number of hydrogen-bond donors (Lipinski definition) is 2. The van der Waals surface area contributed by atoms with Gasteiger partial charge in [-0.15, -0.1) is 0 Å². The number of ether oxygens (including phenoxy) is 1. The maximum atomic E-state index is 12.3. The van der Waals surface area contributed by atoms with Crippen molar-refractivity contribution in [1.29, 1.82) is 0 Å². The largest absolute Gasteiger partial charge is 0.381 e. The maximum Gasteiger partial charge on any atom is 0.257 e. The average Bonchev–Trinajstić information content (AvgIpc) is 3.07. The standard InChI is InChI=1S/C17H18BrN3O2/c18-13-3-1-4-14(8-13)21-17(22)12-7-15(10-19-9-12)20-11-16-5-2-6-23-16/h1,3-4,7-10,16,20H,2,5-6,11H2,(H,21,22). The SMILES string of the molecule is O=C(Nc1cccc(Br)c1)c1cncc(NCC2CCCO2)c1. The molecule has 23 heavy (non-hydrogen) atoms. The summed E-state index contributed by atoms with van der Waals surface area (Å²) in [7, 11) is 0. The zero-order valence-corrected chi connectivity index (χ0v) is 14.2. The van der Waals surface area contributed by atoms with E-state index in [9.17, 15) is 4.79 Å². The molecule has 6 heteroatoms. The van der Waals surface area contributed by atoms with Crippen molar-refractivity contribution in [3.63, 3.8) is 0 Å². The van der Waals surface area contributed by atoms with Crippen LogP contribution in [-0.4, -0.2) is 30.1 Å². The zero-order valence-electron chi connectivity index (χ0n) is 12.6. The number of benzene rings is 1. The Kier molecular flexibility index (Phi) is 5.25. The third kappa shape index (κ3) is 4.53. The first-order valence-electron chi connectivity index (χ1n) is 7.58. The molecular formula is C17H18BrN3O2. The summed E-state index contributed by atoms with van der Waals surface area (Å²) in [6, 6.07) is 9.28. The van der Waals surface area contributed by atoms with Crippen LogP contribution in [0, 0.1) is 0 Å². The van der Waals surface area contributed by atoms with Crippen molar-refractivity contribution in [1.82, 2.24) is 4.98 Å². The van der Waals surface area contributed by atoms with Crippen LogP contribution in [0.15, 0.2) is 47.2 Å². The van der Waals surface area contributed by atoms with Crippen LogP contribution in [0.25, 0.3) is 0 Å². The molecule has 0 bridgehead atoms. The normalized spacial score (nSPS) is 17.0. The summed E-state index contributed by atoms with van der Waals surface area (Å²) in [5, 5.41) is 6.14. The summed E-state index contributed by atoms with van der Waals surface area (Å²) in [5.41, 5.74) is 2.08. The summed E-state index contributed by atoms with van der Waals surface area (Å²) in [6.45, 7) is 1.57.